The third-order valence-electron chi connectivity index (χ3n) is 5.33. The molecule has 2 aromatic rings. The number of rotatable bonds is 6. The van der Waals surface area contributed by atoms with Crippen molar-refractivity contribution in [3.8, 4) is 0 Å². The molecule has 3 rings (SSSR count). The summed E-state index contributed by atoms with van der Waals surface area (Å²) in [6.45, 7) is 11.4. The fourth-order valence-electron chi connectivity index (χ4n) is 3.83. The summed E-state index contributed by atoms with van der Waals surface area (Å²) >= 11 is 6.05. The van der Waals surface area contributed by atoms with Gasteiger partial charge in [-0.3, -0.25) is 4.79 Å². The van der Waals surface area contributed by atoms with Crippen LogP contribution in [0, 0.1) is 12.8 Å². The van der Waals surface area contributed by atoms with Gasteiger partial charge in [0.1, 0.15) is 11.6 Å². The molecule has 1 aromatic carbocycles. The Labute approximate surface area is 179 Å². The molecule has 0 saturated carbocycles. The average molecular weight is 415 g/mol. The highest BCUT2D eigenvalue weighted by Crippen LogP contribution is 2.26. The summed E-state index contributed by atoms with van der Waals surface area (Å²) in [5.74, 6) is 2.47. The van der Waals surface area contributed by atoms with E-state index < -0.39 is 0 Å². The number of aryl methyl sites for hydroxylation is 2. The SMILES string of the molecule is CCc1nc(C)nc(N2CCN(C(=O)CC(C)C)CC2)c1Cc1ccc(Cl)cc1. The van der Waals surface area contributed by atoms with E-state index in [1.54, 1.807) is 0 Å². The summed E-state index contributed by atoms with van der Waals surface area (Å²) in [6, 6.07) is 7.98. The number of anilines is 1. The van der Waals surface area contributed by atoms with E-state index in [1.807, 2.05) is 24.0 Å². The van der Waals surface area contributed by atoms with Gasteiger partial charge in [-0.25, -0.2) is 9.97 Å². The Morgan fingerprint density at radius 3 is 2.34 bits per heavy atom. The Balaban J connectivity index is 1.82. The van der Waals surface area contributed by atoms with Crippen LogP contribution in [0.3, 0.4) is 0 Å². The van der Waals surface area contributed by atoms with E-state index in [4.69, 9.17) is 21.6 Å². The van der Waals surface area contributed by atoms with Crippen LogP contribution in [0.25, 0.3) is 0 Å². The van der Waals surface area contributed by atoms with Crippen molar-refractivity contribution in [3.63, 3.8) is 0 Å². The number of halogens is 1. The Hall–Kier alpha value is -2.14. The molecule has 2 heterocycles. The van der Waals surface area contributed by atoms with E-state index in [0.29, 0.717) is 12.3 Å². The van der Waals surface area contributed by atoms with Gasteiger partial charge in [0.05, 0.1) is 0 Å². The second-order valence-corrected chi connectivity index (χ2v) is 8.58. The van der Waals surface area contributed by atoms with Crippen LogP contribution in [0.1, 0.15) is 49.8 Å². The monoisotopic (exact) mass is 414 g/mol. The number of hydrogen-bond acceptors (Lipinski definition) is 4. The fourth-order valence-corrected chi connectivity index (χ4v) is 3.95. The highest BCUT2D eigenvalue weighted by Gasteiger charge is 2.25. The minimum atomic E-state index is 0.258. The van der Waals surface area contributed by atoms with E-state index in [9.17, 15) is 4.79 Å². The normalized spacial score (nSPS) is 14.6. The third kappa shape index (κ3) is 5.47. The minimum absolute atomic E-state index is 0.258. The lowest BCUT2D eigenvalue weighted by Gasteiger charge is -2.37. The van der Waals surface area contributed by atoms with Crippen LogP contribution in [0.2, 0.25) is 5.02 Å². The van der Waals surface area contributed by atoms with Gasteiger partial charge in [0.15, 0.2) is 0 Å². The van der Waals surface area contributed by atoms with Crippen molar-refractivity contribution in [2.45, 2.75) is 47.0 Å². The van der Waals surface area contributed by atoms with Crippen molar-refractivity contribution < 1.29 is 4.79 Å². The van der Waals surface area contributed by atoms with Gasteiger partial charge < -0.3 is 9.80 Å². The minimum Gasteiger partial charge on any atom is -0.353 e. The first-order chi connectivity index (χ1) is 13.9. The number of benzene rings is 1. The van der Waals surface area contributed by atoms with Gasteiger partial charge in [-0.05, 0) is 37.0 Å². The van der Waals surface area contributed by atoms with E-state index >= 15 is 0 Å². The highest BCUT2D eigenvalue weighted by molar-refractivity contribution is 6.30. The summed E-state index contributed by atoms with van der Waals surface area (Å²) in [5, 5.41) is 0.743. The number of carbonyl (C=O) groups is 1. The zero-order chi connectivity index (χ0) is 21.0. The lowest BCUT2D eigenvalue weighted by Crippen LogP contribution is -2.49. The first kappa shape index (κ1) is 21.6. The van der Waals surface area contributed by atoms with Gasteiger partial charge in [0, 0.05) is 55.3 Å². The molecule has 0 spiro atoms. The van der Waals surface area contributed by atoms with Crippen LogP contribution in [-0.2, 0) is 17.6 Å². The third-order valence-corrected chi connectivity index (χ3v) is 5.58. The van der Waals surface area contributed by atoms with E-state index in [-0.39, 0.29) is 5.91 Å². The summed E-state index contributed by atoms with van der Waals surface area (Å²) in [4.78, 5) is 26.3. The Bertz CT molecular complexity index is 843. The largest absolute Gasteiger partial charge is 0.353 e. The van der Waals surface area contributed by atoms with Crippen molar-refractivity contribution in [3.05, 3.63) is 51.9 Å². The fraction of sp³-hybridized carbons (Fsp3) is 0.522. The molecule has 0 bridgehead atoms. The smallest absolute Gasteiger partial charge is 0.222 e. The molecular formula is C23H31ClN4O. The molecule has 6 heteroatoms. The summed E-state index contributed by atoms with van der Waals surface area (Å²) in [5.41, 5.74) is 3.48. The van der Waals surface area contributed by atoms with E-state index in [1.165, 1.54) is 11.1 Å². The predicted octanol–water partition coefficient (Wildman–Crippen LogP) is 4.29. The zero-order valence-electron chi connectivity index (χ0n) is 17.9. The average Bonchev–Trinajstić information content (AvgIpc) is 2.70. The lowest BCUT2D eigenvalue weighted by atomic mass is 10.0. The molecule has 5 nitrogen and oxygen atoms in total. The number of amides is 1. The van der Waals surface area contributed by atoms with Crippen molar-refractivity contribution in [1.82, 2.24) is 14.9 Å². The van der Waals surface area contributed by atoms with Crippen molar-refractivity contribution in [1.29, 1.82) is 0 Å². The first-order valence-electron chi connectivity index (χ1n) is 10.5. The maximum Gasteiger partial charge on any atom is 0.222 e. The molecule has 1 aromatic heterocycles. The molecule has 1 saturated heterocycles. The first-order valence-corrected chi connectivity index (χ1v) is 10.9. The standard InChI is InChI=1S/C23H31ClN4O/c1-5-21-20(15-18-6-8-19(24)9-7-18)23(26-17(4)25-21)28-12-10-27(11-13-28)22(29)14-16(2)3/h6-9,16H,5,10-15H2,1-4H3. The van der Waals surface area contributed by atoms with Gasteiger partial charge in [0.2, 0.25) is 5.91 Å². The van der Waals surface area contributed by atoms with E-state index in [2.05, 4.69) is 37.8 Å². The van der Waals surface area contributed by atoms with Crippen molar-refractivity contribution in [2.75, 3.05) is 31.1 Å². The lowest BCUT2D eigenvalue weighted by molar-refractivity contribution is -0.132. The molecule has 0 N–H and O–H groups in total. The number of hydrogen-bond donors (Lipinski definition) is 0. The van der Waals surface area contributed by atoms with Crippen LogP contribution >= 0.6 is 11.6 Å². The second kappa shape index (κ2) is 9.57. The summed E-state index contributed by atoms with van der Waals surface area (Å²) in [6.07, 6.45) is 2.27. The zero-order valence-corrected chi connectivity index (χ0v) is 18.7. The van der Waals surface area contributed by atoms with Crippen LogP contribution in [-0.4, -0.2) is 47.0 Å². The van der Waals surface area contributed by atoms with E-state index in [0.717, 1.165) is 61.4 Å². The molecule has 0 aliphatic carbocycles. The number of carbonyl (C=O) groups excluding carboxylic acids is 1. The van der Waals surface area contributed by atoms with Gasteiger partial charge >= 0.3 is 0 Å². The molecule has 0 unspecified atom stereocenters. The molecule has 1 amide bonds. The molecule has 0 atom stereocenters. The molecule has 1 fully saturated rings. The quantitative estimate of drug-likeness (QED) is 0.707. The Morgan fingerprint density at radius 1 is 1.10 bits per heavy atom. The van der Waals surface area contributed by atoms with Gasteiger partial charge in [-0.1, -0.05) is 44.5 Å². The highest BCUT2D eigenvalue weighted by atomic mass is 35.5. The molecule has 29 heavy (non-hydrogen) atoms. The van der Waals surface area contributed by atoms with Gasteiger partial charge in [0.25, 0.3) is 0 Å². The molecule has 156 valence electrons. The number of nitrogens with zero attached hydrogens (tertiary/aromatic N) is 4. The van der Waals surface area contributed by atoms with Crippen LogP contribution in [0.4, 0.5) is 5.82 Å². The number of piperazine rings is 1. The maximum absolute atomic E-state index is 12.4. The Morgan fingerprint density at radius 2 is 1.76 bits per heavy atom. The molecule has 0 radical (unpaired) electrons. The van der Waals surface area contributed by atoms with Gasteiger partial charge in [-0.15, -0.1) is 0 Å². The van der Waals surface area contributed by atoms with Crippen LogP contribution in [0.15, 0.2) is 24.3 Å². The topological polar surface area (TPSA) is 49.3 Å². The van der Waals surface area contributed by atoms with Crippen molar-refractivity contribution in [2.24, 2.45) is 5.92 Å². The Kier molecular flexibility index (Phi) is 7.12. The van der Waals surface area contributed by atoms with Gasteiger partial charge in [-0.2, -0.15) is 0 Å². The van der Waals surface area contributed by atoms with Crippen LogP contribution < -0.4 is 4.90 Å². The second-order valence-electron chi connectivity index (χ2n) is 8.14. The molecular weight excluding hydrogens is 384 g/mol. The van der Waals surface area contributed by atoms with Crippen molar-refractivity contribution >= 4 is 23.3 Å². The maximum atomic E-state index is 12.4. The predicted molar refractivity (Wildman–Crippen MR) is 119 cm³/mol. The summed E-state index contributed by atoms with van der Waals surface area (Å²) < 4.78 is 0. The number of aromatic nitrogens is 2. The molecule has 1 aliphatic rings. The van der Waals surface area contributed by atoms with Crippen LogP contribution in [0.5, 0.6) is 0 Å². The summed E-state index contributed by atoms with van der Waals surface area (Å²) in [7, 11) is 0. The molecule has 1 aliphatic heterocycles.